The van der Waals surface area contributed by atoms with Gasteiger partial charge in [0.25, 0.3) is 5.91 Å². The average Bonchev–Trinajstić information content (AvgIpc) is 3.19. The first-order valence-electron chi connectivity index (χ1n) is 10.6. The summed E-state index contributed by atoms with van der Waals surface area (Å²) in [6.45, 7) is 0.564. The largest absolute Gasteiger partial charge is 0.425 e. The summed E-state index contributed by atoms with van der Waals surface area (Å²) in [5, 5.41) is 12.3. The van der Waals surface area contributed by atoms with Crippen molar-refractivity contribution in [1.29, 1.82) is 0 Å². The number of hydrogen-bond donors (Lipinski definition) is 2. The maximum atomic E-state index is 14.6. The lowest BCUT2D eigenvalue weighted by Gasteiger charge is -2.27. The summed E-state index contributed by atoms with van der Waals surface area (Å²) in [6, 6.07) is 7.45. The van der Waals surface area contributed by atoms with E-state index in [1.807, 2.05) is 0 Å². The molecular formula is C23H23FN4O6. The molecular weight excluding hydrogens is 447 g/mol. The number of hydrogen-bond acceptors (Lipinski definition) is 7. The number of β-amino-alcohol motifs (C(OH)–C–C–N with tert-alkyl or cyclic N) is 1. The van der Waals surface area contributed by atoms with E-state index in [2.05, 4.69) is 10.3 Å². The number of pyridine rings is 1. The van der Waals surface area contributed by atoms with Gasteiger partial charge >= 0.3 is 6.09 Å². The minimum atomic E-state index is -1.02. The molecule has 34 heavy (non-hydrogen) atoms. The Morgan fingerprint density at radius 1 is 1.32 bits per heavy atom. The molecule has 4 rings (SSSR count). The molecule has 0 aliphatic carbocycles. The summed E-state index contributed by atoms with van der Waals surface area (Å²) in [5.41, 5.74) is 0.909. The normalized spacial score (nSPS) is 20.6. The smallest absolute Gasteiger partial charge is 0.413 e. The standard InChI is InChI=1S/C23H23FN4O6/c24-18-10-16(27-8-9-33-14-21(27)31)4-5-19(18)26-23(32)34-22-11-17(29)13-28(22)20(30)6-3-15-2-1-7-25-12-15/h1-7,10,12,17,22,29H,8-9,11,13-14H2,(H,26,32)/t17-,22-/m1/s1. The molecule has 3 amide bonds. The van der Waals surface area contributed by atoms with Crippen LogP contribution in [0.3, 0.4) is 0 Å². The number of carbonyl (C=O) groups is 3. The average molecular weight is 470 g/mol. The zero-order valence-corrected chi connectivity index (χ0v) is 18.1. The first-order chi connectivity index (χ1) is 16.4. The van der Waals surface area contributed by atoms with Gasteiger partial charge in [-0.15, -0.1) is 0 Å². The Labute approximate surface area is 194 Å². The van der Waals surface area contributed by atoms with Crippen molar-refractivity contribution in [3.05, 3.63) is 60.2 Å². The number of likely N-dealkylation sites (tertiary alicyclic amines) is 1. The van der Waals surface area contributed by atoms with Gasteiger partial charge in [-0.25, -0.2) is 9.18 Å². The van der Waals surface area contributed by atoms with Crippen molar-refractivity contribution in [2.24, 2.45) is 0 Å². The van der Waals surface area contributed by atoms with Crippen LogP contribution in [0.5, 0.6) is 0 Å². The highest BCUT2D eigenvalue weighted by atomic mass is 19.1. The molecule has 1 aromatic heterocycles. The first kappa shape index (κ1) is 23.3. The van der Waals surface area contributed by atoms with E-state index < -0.39 is 30.1 Å². The summed E-state index contributed by atoms with van der Waals surface area (Å²) >= 11 is 0. The van der Waals surface area contributed by atoms with Crippen molar-refractivity contribution >= 4 is 35.4 Å². The molecule has 0 unspecified atom stereocenters. The number of anilines is 2. The van der Waals surface area contributed by atoms with E-state index in [9.17, 15) is 23.9 Å². The zero-order valence-electron chi connectivity index (χ0n) is 18.1. The molecule has 1 aromatic carbocycles. The third-order valence-electron chi connectivity index (χ3n) is 5.34. The minimum Gasteiger partial charge on any atom is -0.425 e. The molecule has 0 spiro atoms. The van der Waals surface area contributed by atoms with Crippen LogP contribution >= 0.6 is 0 Å². The van der Waals surface area contributed by atoms with Gasteiger partial charge in [0.1, 0.15) is 12.4 Å². The van der Waals surface area contributed by atoms with Gasteiger partial charge in [-0.2, -0.15) is 0 Å². The van der Waals surface area contributed by atoms with Crippen LogP contribution in [0.15, 0.2) is 48.8 Å². The fourth-order valence-corrected chi connectivity index (χ4v) is 3.69. The van der Waals surface area contributed by atoms with Crippen LogP contribution in [0.1, 0.15) is 12.0 Å². The molecule has 2 N–H and O–H groups in total. The van der Waals surface area contributed by atoms with Gasteiger partial charge in [0.05, 0.1) is 24.9 Å². The van der Waals surface area contributed by atoms with Gasteiger partial charge in [0, 0.05) is 37.1 Å². The molecule has 2 saturated heterocycles. The van der Waals surface area contributed by atoms with Crippen molar-refractivity contribution in [2.75, 3.05) is 36.5 Å². The number of ether oxygens (including phenoxy) is 2. The number of halogens is 1. The summed E-state index contributed by atoms with van der Waals surface area (Å²) in [7, 11) is 0. The Morgan fingerprint density at radius 3 is 2.91 bits per heavy atom. The monoisotopic (exact) mass is 470 g/mol. The second kappa shape index (κ2) is 10.4. The van der Waals surface area contributed by atoms with Gasteiger partial charge in [-0.05, 0) is 35.9 Å². The van der Waals surface area contributed by atoms with Crippen LogP contribution in [-0.4, -0.2) is 71.5 Å². The topological polar surface area (TPSA) is 121 Å². The lowest BCUT2D eigenvalue weighted by molar-refractivity contribution is -0.132. The van der Waals surface area contributed by atoms with Gasteiger partial charge in [0.2, 0.25) is 5.91 Å². The summed E-state index contributed by atoms with van der Waals surface area (Å²) in [6.07, 6.45) is 3.21. The quantitative estimate of drug-likeness (QED) is 0.639. The van der Waals surface area contributed by atoms with E-state index in [-0.39, 0.29) is 31.2 Å². The summed E-state index contributed by atoms with van der Waals surface area (Å²) < 4.78 is 24.9. The van der Waals surface area contributed by atoms with E-state index in [1.54, 1.807) is 30.6 Å². The number of benzene rings is 1. The second-order valence-corrected chi connectivity index (χ2v) is 7.75. The number of amides is 3. The van der Waals surface area contributed by atoms with Crippen molar-refractivity contribution < 1.29 is 33.4 Å². The summed E-state index contributed by atoms with van der Waals surface area (Å²) in [5.74, 6) is -1.50. The Bertz CT molecular complexity index is 1100. The Balaban J connectivity index is 1.38. The third-order valence-corrected chi connectivity index (χ3v) is 5.34. The number of aromatic nitrogens is 1. The summed E-state index contributed by atoms with van der Waals surface area (Å²) in [4.78, 5) is 43.5. The number of morpholine rings is 1. The number of nitrogens with zero attached hydrogens (tertiary/aromatic N) is 3. The van der Waals surface area contributed by atoms with Gasteiger partial charge in [0.15, 0.2) is 6.23 Å². The van der Waals surface area contributed by atoms with Gasteiger partial charge in [-0.3, -0.25) is 19.9 Å². The predicted octanol–water partition coefficient (Wildman–Crippen LogP) is 1.77. The second-order valence-electron chi connectivity index (χ2n) is 7.75. The molecule has 10 nitrogen and oxygen atoms in total. The Morgan fingerprint density at radius 2 is 2.18 bits per heavy atom. The van der Waals surface area contributed by atoms with Crippen LogP contribution in [-0.2, 0) is 19.1 Å². The molecule has 3 heterocycles. The molecule has 0 radical (unpaired) electrons. The third kappa shape index (κ3) is 5.56. The number of nitrogens with one attached hydrogen (secondary N) is 1. The van der Waals surface area contributed by atoms with E-state index >= 15 is 0 Å². The van der Waals surface area contributed by atoms with Crippen molar-refractivity contribution in [2.45, 2.75) is 18.8 Å². The Hall–Kier alpha value is -3.83. The van der Waals surface area contributed by atoms with Crippen LogP contribution < -0.4 is 10.2 Å². The molecule has 2 atom stereocenters. The number of aliphatic hydroxyl groups excluding tert-OH is 1. The van der Waals surface area contributed by atoms with E-state index in [0.29, 0.717) is 24.4 Å². The molecule has 0 saturated carbocycles. The molecule has 2 aliphatic rings. The molecule has 178 valence electrons. The fraction of sp³-hybridized carbons (Fsp3) is 0.304. The number of rotatable bonds is 5. The highest BCUT2D eigenvalue weighted by Crippen LogP contribution is 2.25. The van der Waals surface area contributed by atoms with Crippen molar-refractivity contribution in [3.8, 4) is 0 Å². The maximum absolute atomic E-state index is 14.6. The fourth-order valence-electron chi connectivity index (χ4n) is 3.69. The zero-order chi connectivity index (χ0) is 24.1. The molecule has 2 fully saturated rings. The minimum absolute atomic E-state index is 0.00913. The predicted molar refractivity (Wildman–Crippen MR) is 119 cm³/mol. The number of aliphatic hydroxyl groups is 1. The van der Waals surface area contributed by atoms with E-state index in [4.69, 9.17) is 9.47 Å². The van der Waals surface area contributed by atoms with E-state index in [0.717, 1.165) is 6.07 Å². The van der Waals surface area contributed by atoms with Gasteiger partial charge < -0.3 is 24.4 Å². The first-order valence-corrected chi connectivity index (χ1v) is 10.6. The SMILES string of the molecule is O=C(Nc1ccc(N2CCOCC2=O)cc1F)O[C@@H]1C[C@@H](O)CN1C(=O)C=Cc1cccnc1. The molecule has 11 heteroatoms. The van der Waals surface area contributed by atoms with Gasteiger partial charge in [-0.1, -0.05) is 6.07 Å². The lowest BCUT2D eigenvalue weighted by atomic mass is 10.2. The van der Waals surface area contributed by atoms with Crippen LogP contribution in [0.2, 0.25) is 0 Å². The molecule has 0 bridgehead atoms. The maximum Gasteiger partial charge on any atom is 0.413 e. The highest BCUT2D eigenvalue weighted by molar-refractivity contribution is 5.95. The molecule has 2 aliphatic heterocycles. The highest BCUT2D eigenvalue weighted by Gasteiger charge is 2.36. The van der Waals surface area contributed by atoms with E-state index in [1.165, 1.54) is 28.0 Å². The van der Waals surface area contributed by atoms with Crippen molar-refractivity contribution in [1.82, 2.24) is 9.88 Å². The lowest BCUT2D eigenvalue weighted by Crippen LogP contribution is -2.41. The Kier molecular flexibility index (Phi) is 7.14. The van der Waals surface area contributed by atoms with Crippen molar-refractivity contribution in [3.63, 3.8) is 0 Å². The van der Waals surface area contributed by atoms with Crippen LogP contribution in [0.25, 0.3) is 6.08 Å². The number of carbonyl (C=O) groups excluding carboxylic acids is 3. The van der Waals surface area contributed by atoms with Crippen LogP contribution in [0.4, 0.5) is 20.6 Å². The van der Waals surface area contributed by atoms with Crippen LogP contribution in [0, 0.1) is 5.82 Å². The molecule has 2 aromatic rings.